The summed E-state index contributed by atoms with van der Waals surface area (Å²) >= 11 is 11.3. The molecular weight excluding hydrogens is 468 g/mol. The Labute approximate surface area is 208 Å². The fourth-order valence-corrected chi connectivity index (χ4v) is 3.43. The summed E-state index contributed by atoms with van der Waals surface area (Å²) in [4.78, 5) is 16.7. The lowest BCUT2D eigenvalue weighted by atomic mass is 10.2. The van der Waals surface area contributed by atoms with Crippen molar-refractivity contribution in [2.24, 2.45) is 0 Å². The summed E-state index contributed by atoms with van der Waals surface area (Å²) in [5.41, 5.74) is 2.86. The average molecular weight is 489 g/mol. The van der Waals surface area contributed by atoms with Gasteiger partial charge in [0.1, 0.15) is 17.2 Å². The quantitative estimate of drug-likeness (QED) is 0.266. The number of hydrogen-bond acceptors (Lipinski definition) is 4. The molecule has 170 valence electrons. The van der Waals surface area contributed by atoms with Crippen LogP contribution in [0.4, 0.5) is 11.4 Å². The minimum atomic E-state index is -0.275. The first kappa shape index (κ1) is 23.2. The Morgan fingerprint density at radius 2 is 1.59 bits per heavy atom. The summed E-state index contributed by atoms with van der Waals surface area (Å²) in [6.45, 7) is 0.421. The van der Waals surface area contributed by atoms with Crippen LogP contribution >= 0.6 is 23.8 Å². The summed E-state index contributed by atoms with van der Waals surface area (Å²) in [5, 5.41) is 10.2. The molecule has 0 aliphatic heterocycles. The number of ether oxygens (including phenoxy) is 1. The van der Waals surface area contributed by atoms with E-state index in [4.69, 9.17) is 28.6 Å². The molecule has 1 amide bonds. The predicted molar refractivity (Wildman–Crippen MR) is 140 cm³/mol. The molecule has 1 heterocycles. The lowest BCUT2D eigenvalue weighted by Gasteiger charge is -2.12. The third-order valence-corrected chi connectivity index (χ3v) is 5.15. The van der Waals surface area contributed by atoms with Gasteiger partial charge in [-0.2, -0.15) is 0 Å². The molecule has 0 aliphatic rings. The number of hydrogen-bond donors (Lipinski definition) is 3. The van der Waals surface area contributed by atoms with E-state index < -0.39 is 0 Å². The molecule has 4 aromatic rings. The maximum absolute atomic E-state index is 12.5. The molecule has 4 rings (SSSR count). The monoisotopic (exact) mass is 488 g/mol. The number of nitrogens with one attached hydrogen (secondary N) is 3. The molecule has 0 aliphatic carbocycles. The number of halogens is 1. The first-order chi connectivity index (χ1) is 16.5. The molecule has 6 nitrogen and oxygen atoms in total. The van der Waals surface area contributed by atoms with Gasteiger partial charge < -0.3 is 20.7 Å². The zero-order valence-electron chi connectivity index (χ0n) is 18.0. The standard InChI is InChI=1S/C26H21ClN4O2S/c27-19-9-11-20(12-10-19)30-26(34)31-21-7-4-8-22(15-21)33-23-13-14-28-24(16-23)25(32)29-17-18-5-2-1-3-6-18/h1-16H,17H2,(H,29,32)(H2,30,31,34). The van der Waals surface area contributed by atoms with Gasteiger partial charge in [-0.15, -0.1) is 0 Å². The number of anilines is 2. The van der Waals surface area contributed by atoms with E-state index in [0.29, 0.717) is 28.2 Å². The first-order valence-corrected chi connectivity index (χ1v) is 11.2. The second kappa shape index (κ2) is 11.3. The van der Waals surface area contributed by atoms with Crippen LogP contribution in [0.2, 0.25) is 5.02 Å². The van der Waals surface area contributed by atoms with Crippen LogP contribution in [-0.4, -0.2) is 16.0 Å². The van der Waals surface area contributed by atoms with Gasteiger partial charge in [-0.25, -0.2) is 0 Å². The number of pyridine rings is 1. The van der Waals surface area contributed by atoms with Gasteiger partial charge in [0.05, 0.1) is 0 Å². The lowest BCUT2D eigenvalue weighted by Crippen LogP contribution is -2.23. The first-order valence-electron chi connectivity index (χ1n) is 10.4. The Bertz CT molecular complexity index is 1280. The highest BCUT2D eigenvalue weighted by molar-refractivity contribution is 7.80. The van der Waals surface area contributed by atoms with Gasteiger partial charge in [-0.1, -0.05) is 48.0 Å². The van der Waals surface area contributed by atoms with Gasteiger partial charge in [0.15, 0.2) is 5.11 Å². The summed E-state index contributed by atoms with van der Waals surface area (Å²) < 4.78 is 5.95. The van der Waals surface area contributed by atoms with E-state index in [2.05, 4.69) is 20.9 Å². The SMILES string of the molecule is O=C(NCc1ccccc1)c1cc(Oc2cccc(NC(=S)Nc3ccc(Cl)cc3)c2)ccn1. The van der Waals surface area contributed by atoms with E-state index in [-0.39, 0.29) is 11.6 Å². The molecular formula is C26H21ClN4O2S. The van der Waals surface area contributed by atoms with Gasteiger partial charge in [-0.05, 0) is 60.2 Å². The van der Waals surface area contributed by atoms with Crippen LogP contribution in [-0.2, 0) is 6.54 Å². The predicted octanol–water partition coefficient (Wildman–Crippen LogP) is 6.27. The van der Waals surface area contributed by atoms with E-state index >= 15 is 0 Å². The van der Waals surface area contributed by atoms with E-state index in [1.807, 2.05) is 66.7 Å². The number of benzene rings is 3. The highest BCUT2D eigenvalue weighted by Gasteiger charge is 2.09. The van der Waals surface area contributed by atoms with Gasteiger partial charge in [0.25, 0.3) is 5.91 Å². The minimum Gasteiger partial charge on any atom is -0.457 e. The fraction of sp³-hybridized carbons (Fsp3) is 0.0385. The lowest BCUT2D eigenvalue weighted by molar-refractivity contribution is 0.0945. The number of nitrogens with zero attached hydrogens (tertiary/aromatic N) is 1. The molecule has 3 aromatic carbocycles. The zero-order chi connectivity index (χ0) is 23.8. The Kier molecular flexibility index (Phi) is 7.70. The Morgan fingerprint density at radius 3 is 2.38 bits per heavy atom. The number of carbonyl (C=O) groups excluding carboxylic acids is 1. The van der Waals surface area contributed by atoms with Crippen molar-refractivity contribution < 1.29 is 9.53 Å². The molecule has 0 saturated carbocycles. The Hall–Kier alpha value is -3.94. The van der Waals surface area contributed by atoms with Gasteiger partial charge in [-0.3, -0.25) is 9.78 Å². The molecule has 0 fully saturated rings. The molecule has 0 spiro atoms. The number of carbonyl (C=O) groups is 1. The maximum Gasteiger partial charge on any atom is 0.270 e. The Balaban J connectivity index is 1.36. The van der Waals surface area contributed by atoms with Gasteiger partial charge in [0.2, 0.25) is 0 Å². The van der Waals surface area contributed by atoms with Crippen molar-refractivity contribution in [3.63, 3.8) is 0 Å². The zero-order valence-corrected chi connectivity index (χ0v) is 19.6. The second-order valence-corrected chi connectivity index (χ2v) is 8.11. The smallest absolute Gasteiger partial charge is 0.270 e. The van der Waals surface area contributed by atoms with Crippen LogP contribution in [0.3, 0.4) is 0 Å². The van der Waals surface area contributed by atoms with Crippen LogP contribution in [0, 0.1) is 0 Å². The summed E-state index contributed by atoms with van der Waals surface area (Å²) in [6, 6.07) is 27.6. The van der Waals surface area contributed by atoms with Crippen molar-refractivity contribution in [3.05, 3.63) is 113 Å². The van der Waals surface area contributed by atoms with Crippen LogP contribution in [0.5, 0.6) is 11.5 Å². The van der Waals surface area contributed by atoms with Crippen LogP contribution < -0.4 is 20.7 Å². The third kappa shape index (κ3) is 6.78. The second-order valence-electron chi connectivity index (χ2n) is 7.26. The van der Waals surface area contributed by atoms with Crippen LogP contribution in [0.15, 0.2) is 97.2 Å². The number of thiocarbonyl (C=S) groups is 1. The Morgan fingerprint density at radius 1 is 0.853 bits per heavy atom. The summed E-state index contributed by atoms with van der Waals surface area (Å²) in [5.74, 6) is 0.809. The van der Waals surface area contributed by atoms with Gasteiger partial charge >= 0.3 is 0 Å². The molecule has 34 heavy (non-hydrogen) atoms. The van der Waals surface area contributed by atoms with Crippen molar-refractivity contribution in [3.8, 4) is 11.5 Å². The normalized spacial score (nSPS) is 10.3. The van der Waals surface area contributed by atoms with E-state index in [0.717, 1.165) is 16.9 Å². The van der Waals surface area contributed by atoms with Crippen LogP contribution in [0.1, 0.15) is 16.1 Å². The molecule has 0 saturated heterocycles. The topological polar surface area (TPSA) is 75.3 Å². The van der Waals surface area contributed by atoms with E-state index in [1.54, 1.807) is 30.5 Å². The molecule has 0 unspecified atom stereocenters. The number of rotatable bonds is 7. The number of amides is 1. The highest BCUT2D eigenvalue weighted by atomic mass is 35.5. The van der Waals surface area contributed by atoms with Crippen molar-refractivity contribution in [2.75, 3.05) is 10.6 Å². The van der Waals surface area contributed by atoms with Crippen LogP contribution in [0.25, 0.3) is 0 Å². The molecule has 0 atom stereocenters. The van der Waals surface area contributed by atoms with E-state index in [9.17, 15) is 4.79 Å². The summed E-state index contributed by atoms with van der Waals surface area (Å²) in [7, 11) is 0. The molecule has 0 bridgehead atoms. The molecule has 3 N–H and O–H groups in total. The molecule has 0 radical (unpaired) electrons. The van der Waals surface area contributed by atoms with E-state index in [1.165, 1.54) is 0 Å². The van der Waals surface area contributed by atoms with Crippen molar-refractivity contribution in [1.29, 1.82) is 0 Å². The number of aromatic nitrogens is 1. The van der Waals surface area contributed by atoms with Gasteiger partial charge in [0, 0.05) is 41.3 Å². The highest BCUT2D eigenvalue weighted by Crippen LogP contribution is 2.24. The largest absolute Gasteiger partial charge is 0.457 e. The third-order valence-electron chi connectivity index (χ3n) is 4.69. The molecule has 1 aromatic heterocycles. The maximum atomic E-state index is 12.5. The van der Waals surface area contributed by atoms with Crippen molar-refractivity contribution in [2.45, 2.75) is 6.54 Å². The molecule has 8 heteroatoms. The van der Waals surface area contributed by atoms with Crippen molar-refractivity contribution >= 4 is 46.2 Å². The average Bonchev–Trinajstić information content (AvgIpc) is 2.85. The summed E-state index contributed by atoms with van der Waals surface area (Å²) in [6.07, 6.45) is 1.54. The minimum absolute atomic E-state index is 0.274. The fourth-order valence-electron chi connectivity index (χ4n) is 3.07. The van der Waals surface area contributed by atoms with Crippen molar-refractivity contribution in [1.82, 2.24) is 10.3 Å².